The number of aromatic nitrogens is 2. The molecule has 1 aromatic carbocycles. The van der Waals surface area contributed by atoms with Crippen LogP contribution in [0.3, 0.4) is 0 Å². The first-order chi connectivity index (χ1) is 9.75. The van der Waals surface area contributed by atoms with Gasteiger partial charge in [-0.05, 0) is 38.5 Å². The van der Waals surface area contributed by atoms with E-state index in [1.54, 1.807) is 13.0 Å². The molecule has 114 valence electrons. The molecule has 0 unspecified atom stereocenters. The van der Waals surface area contributed by atoms with Crippen LogP contribution in [0.4, 0.5) is 4.39 Å². The average molecular weight is 312 g/mol. The first-order valence-corrected chi connectivity index (χ1v) is 7.11. The van der Waals surface area contributed by atoms with E-state index in [4.69, 9.17) is 16.0 Å². The average Bonchev–Trinajstić information content (AvgIpc) is 2.77. The van der Waals surface area contributed by atoms with Crippen molar-refractivity contribution in [2.45, 2.75) is 46.3 Å². The molecule has 1 aromatic heterocycles. The summed E-state index contributed by atoms with van der Waals surface area (Å²) in [5.41, 5.74) is 0.724. The molecule has 0 aliphatic carbocycles. The Hall–Kier alpha value is -1.46. The zero-order valence-electron chi connectivity index (χ0n) is 12.7. The molecule has 0 fully saturated rings. The Morgan fingerprint density at radius 1 is 1.24 bits per heavy atom. The Kier molecular flexibility index (Phi) is 4.64. The molecular weight excluding hydrogens is 293 g/mol. The highest BCUT2D eigenvalue weighted by atomic mass is 35.5. The molecule has 6 heteroatoms. The van der Waals surface area contributed by atoms with Gasteiger partial charge in [-0.3, -0.25) is 4.90 Å². The fourth-order valence-corrected chi connectivity index (χ4v) is 2.07. The molecule has 1 heterocycles. The van der Waals surface area contributed by atoms with Gasteiger partial charge < -0.3 is 4.42 Å². The lowest BCUT2D eigenvalue weighted by Crippen LogP contribution is -2.40. The number of hydrogen-bond acceptors (Lipinski definition) is 4. The van der Waals surface area contributed by atoms with E-state index in [0.29, 0.717) is 24.9 Å². The smallest absolute Gasteiger partial charge is 0.230 e. The third kappa shape index (κ3) is 4.25. The maximum absolute atomic E-state index is 13.6. The molecule has 0 bridgehead atoms. The topological polar surface area (TPSA) is 42.2 Å². The zero-order valence-corrected chi connectivity index (χ0v) is 13.4. The van der Waals surface area contributed by atoms with Gasteiger partial charge in [0.25, 0.3) is 0 Å². The van der Waals surface area contributed by atoms with E-state index in [2.05, 4.69) is 35.9 Å². The predicted octanol–water partition coefficient (Wildman–Crippen LogP) is 3.97. The number of nitrogens with zero attached hydrogens (tertiary/aromatic N) is 3. The SMILES string of the molecule is Cc1nnc(CN(Cc2ccc(Cl)c(F)c2)C(C)(C)C)o1. The van der Waals surface area contributed by atoms with Crippen molar-refractivity contribution in [3.63, 3.8) is 0 Å². The van der Waals surface area contributed by atoms with Gasteiger partial charge in [-0.2, -0.15) is 0 Å². The highest BCUT2D eigenvalue weighted by molar-refractivity contribution is 6.30. The van der Waals surface area contributed by atoms with Gasteiger partial charge in [0.15, 0.2) is 0 Å². The number of aryl methyl sites for hydroxylation is 1. The molecular formula is C15H19ClFN3O. The quantitative estimate of drug-likeness (QED) is 0.856. The van der Waals surface area contributed by atoms with Crippen molar-refractivity contribution in [3.8, 4) is 0 Å². The predicted molar refractivity (Wildman–Crippen MR) is 79.4 cm³/mol. The summed E-state index contributed by atoms with van der Waals surface area (Å²) in [4.78, 5) is 2.14. The van der Waals surface area contributed by atoms with Crippen molar-refractivity contribution in [2.24, 2.45) is 0 Å². The summed E-state index contributed by atoms with van der Waals surface area (Å²) >= 11 is 5.72. The normalized spacial score (nSPS) is 12.1. The minimum absolute atomic E-state index is 0.127. The molecule has 0 aliphatic rings. The fourth-order valence-electron chi connectivity index (χ4n) is 1.95. The molecule has 4 nitrogen and oxygen atoms in total. The van der Waals surface area contributed by atoms with Crippen LogP contribution in [0.1, 0.15) is 38.1 Å². The molecule has 0 N–H and O–H groups in total. The highest BCUT2D eigenvalue weighted by Gasteiger charge is 2.24. The maximum Gasteiger partial charge on any atom is 0.230 e. The Morgan fingerprint density at radius 3 is 2.48 bits per heavy atom. The van der Waals surface area contributed by atoms with Gasteiger partial charge in [-0.25, -0.2) is 4.39 Å². The standard InChI is InChI=1S/C15H19ClFN3O/c1-10-18-19-14(21-10)9-20(15(2,3)4)8-11-5-6-12(16)13(17)7-11/h5-7H,8-9H2,1-4H3. The summed E-state index contributed by atoms with van der Waals surface area (Å²) in [6.07, 6.45) is 0. The van der Waals surface area contributed by atoms with Gasteiger partial charge in [0, 0.05) is 19.0 Å². The minimum Gasteiger partial charge on any atom is -0.424 e. The summed E-state index contributed by atoms with van der Waals surface area (Å²) < 4.78 is 19.0. The first kappa shape index (κ1) is 15.9. The van der Waals surface area contributed by atoms with E-state index in [1.165, 1.54) is 6.07 Å². The van der Waals surface area contributed by atoms with Crippen molar-refractivity contribution in [1.82, 2.24) is 15.1 Å². The van der Waals surface area contributed by atoms with Crippen molar-refractivity contribution in [2.75, 3.05) is 0 Å². The third-order valence-electron chi connectivity index (χ3n) is 3.20. The number of hydrogen-bond donors (Lipinski definition) is 0. The van der Waals surface area contributed by atoms with Crippen LogP contribution in [-0.2, 0) is 13.1 Å². The summed E-state index contributed by atoms with van der Waals surface area (Å²) in [5.74, 6) is 0.685. The second-order valence-electron chi connectivity index (χ2n) is 5.99. The molecule has 21 heavy (non-hydrogen) atoms. The molecule has 0 radical (unpaired) electrons. The largest absolute Gasteiger partial charge is 0.424 e. The molecule has 0 spiro atoms. The van der Waals surface area contributed by atoms with Crippen LogP contribution in [0, 0.1) is 12.7 Å². The maximum atomic E-state index is 13.6. The van der Waals surface area contributed by atoms with Crippen molar-refractivity contribution in [1.29, 1.82) is 0 Å². The lowest BCUT2D eigenvalue weighted by molar-refractivity contribution is 0.106. The van der Waals surface area contributed by atoms with Crippen molar-refractivity contribution in [3.05, 3.63) is 46.4 Å². The van der Waals surface area contributed by atoms with Crippen LogP contribution in [0.5, 0.6) is 0 Å². The second kappa shape index (κ2) is 6.12. The van der Waals surface area contributed by atoms with Crippen molar-refractivity contribution >= 4 is 11.6 Å². The Balaban J connectivity index is 2.18. The molecule has 0 aliphatic heterocycles. The summed E-state index contributed by atoms with van der Waals surface area (Å²) in [5, 5.41) is 7.99. The summed E-state index contributed by atoms with van der Waals surface area (Å²) in [6.45, 7) is 9.09. The molecule has 2 rings (SSSR count). The van der Waals surface area contributed by atoms with Crippen molar-refractivity contribution < 1.29 is 8.81 Å². The first-order valence-electron chi connectivity index (χ1n) is 6.73. The monoisotopic (exact) mass is 311 g/mol. The molecule has 0 atom stereocenters. The van der Waals surface area contributed by atoms with E-state index in [0.717, 1.165) is 5.56 Å². The van der Waals surface area contributed by atoms with E-state index < -0.39 is 5.82 Å². The van der Waals surface area contributed by atoms with Crippen LogP contribution in [-0.4, -0.2) is 20.6 Å². The Bertz CT molecular complexity index is 622. The van der Waals surface area contributed by atoms with Gasteiger partial charge in [-0.1, -0.05) is 17.7 Å². The van der Waals surface area contributed by atoms with Crippen LogP contribution in [0.15, 0.2) is 22.6 Å². The lowest BCUT2D eigenvalue weighted by atomic mass is 10.0. The number of rotatable bonds is 4. The zero-order chi connectivity index (χ0) is 15.6. The Morgan fingerprint density at radius 2 is 1.95 bits per heavy atom. The fraction of sp³-hybridized carbons (Fsp3) is 0.467. The van der Waals surface area contributed by atoms with Crippen LogP contribution >= 0.6 is 11.6 Å². The van der Waals surface area contributed by atoms with Gasteiger partial charge >= 0.3 is 0 Å². The van der Waals surface area contributed by atoms with Crippen LogP contribution < -0.4 is 0 Å². The van der Waals surface area contributed by atoms with E-state index >= 15 is 0 Å². The molecule has 0 saturated carbocycles. The van der Waals surface area contributed by atoms with E-state index in [1.807, 2.05) is 6.07 Å². The van der Waals surface area contributed by atoms with Gasteiger partial charge in [0.2, 0.25) is 11.8 Å². The van der Waals surface area contributed by atoms with E-state index in [9.17, 15) is 4.39 Å². The van der Waals surface area contributed by atoms with Gasteiger partial charge in [0.05, 0.1) is 11.6 Å². The number of benzene rings is 1. The van der Waals surface area contributed by atoms with Crippen LogP contribution in [0.2, 0.25) is 5.02 Å². The minimum atomic E-state index is -0.406. The second-order valence-corrected chi connectivity index (χ2v) is 6.40. The van der Waals surface area contributed by atoms with Gasteiger partial charge in [-0.15, -0.1) is 10.2 Å². The lowest BCUT2D eigenvalue weighted by Gasteiger charge is -2.34. The van der Waals surface area contributed by atoms with E-state index in [-0.39, 0.29) is 10.6 Å². The third-order valence-corrected chi connectivity index (χ3v) is 3.51. The number of halogens is 2. The summed E-state index contributed by atoms with van der Waals surface area (Å²) in [6, 6.07) is 4.85. The Labute approximate surface area is 128 Å². The van der Waals surface area contributed by atoms with Crippen LogP contribution in [0.25, 0.3) is 0 Å². The molecule has 2 aromatic rings. The molecule has 0 saturated heterocycles. The highest BCUT2D eigenvalue weighted by Crippen LogP contribution is 2.22. The van der Waals surface area contributed by atoms with Gasteiger partial charge in [0.1, 0.15) is 5.82 Å². The molecule has 0 amide bonds. The summed E-state index contributed by atoms with van der Waals surface area (Å²) in [7, 11) is 0.